The Kier molecular flexibility index (Phi) is 6.31. The third-order valence-corrected chi connectivity index (χ3v) is 5.17. The zero-order chi connectivity index (χ0) is 20.1. The minimum Gasteiger partial charge on any atom is -0.493 e. The van der Waals surface area contributed by atoms with E-state index in [9.17, 15) is 8.42 Å². The van der Waals surface area contributed by atoms with Crippen LogP contribution < -0.4 is 18.6 Å². The van der Waals surface area contributed by atoms with E-state index in [1.54, 1.807) is 26.4 Å². The first-order valence-electron chi connectivity index (χ1n) is 9.05. The van der Waals surface area contributed by atoms with Gasteiger partial charge in [-0.3, -0.25) is 4.90 Å². The number of benzene rings is 2. The van der Waals surface area contributed by atoms with E-state index in [2.05, 4.69) is 15.9 Å². The number of hydrogen-bond donors (Lipinski definition) is 0. The van der Waals surface area contributed by atoms with E-state index >= 15 is 0 Å². The first-order valence-corrected chi connectivity index (χ1v) is 10.9. The number of ether oxygens (including phenoxy) is 2. The minimum absolute atomic E-state index is 0.332. The number of methoxy groups -OCH3 is 2. The Labute approximate surface area is 166 Å². The maximum absolute atomic E-state index is 11.2. The maximum atomic E-state index is 11.2. The highest BCUT2D eigenvalue weighted by Gasteiger charge is 2.18. The fourth-order valence-corrected chi connectivity index (χ4v) is 3.75. The molecule has 0 aromatic heterocycles. The smallest absolute Gasteiger partial charge is 0.306 e. The monoisotopic (exact) mass is 406 g/mol. The van der Waals surface area contributed by atoms with Gasteiger partial charge in [0.15, 0.2) is 11.5 Å². The fraction of sp³-hybridized carbons (Fsp3) is 0.400. The standard InChI is InChI=1S/C20H26N2O5S/c1-25-19-9-4-16(14-20(19)26-2)15-21-10-12-22(13-11-21)17-5-7-18(8-6-17)27-28(3,23)24/h4-9,14H,10-13,15H2,1-3H3. The van der Waals surface area contributed by atoms with Gasteiger partial charge in [-0.2, -0.15) is 8.42 Å². The normalized spacial score (nSPS) is 15.3. The molecule has 0 saturated carbocycles. The van der Waals surface area contributed by atoms with E-state index in [1.807, 2.05) is 24.3 Å². The third-order valence-electron chi connectivity index (χ3n) is 4.68. The van der Waals surface area contributed by atoms with Gasteiger partial charge in [-0.15, -0.1) is 0 Å². The van der Waals surface area contributed by atoms with Gasteiger partial charge < -0.3 is 18.6 Å². The van der Waals surface area contributed by atoms with Gasteiger partial charge in [-0.25, -0.2) is 0 Å². The summed E-state index contributed by atoms with van der Waals surface area (Å²) in [6.07, 6.45) is 1.04. The predicted octanol–water partition coefficient (Wildman–Crippen LogP) is 2.36. The number of piperazine rings is 1. The van der Waals surface area contributed by atoms with Crippen LogP contribution in [0.1, 0.15) is 5.56 Å². The molecule has 3 rings (SSSR count). The quantitative estimate of drug-likeness (QED) is 0.654. The molecule has 7 nitrogen and oxygen atoms in total. The van der Waals surface area contributed by atoms with Crippen LogP contribution in [0, 0.1) is 0 Å². The molecule has 2 aromatic carbocycles. The Morgan fingerprint density at radius 2 is 1.54 bits per heavy atom. The second-order valence-corrected chi connectivity index (χ2v) is 8.31. The van der Waals surface area contributed by atoms with E-state index in [-0.39, 0.29) is 0 Å². The van der Waals surface area contributed by atoms with Crippen LogP contribution in [0.25, 0.3) is 0 Å². The van der Waals surface area contributed by atoms with Gasteiger partial charge in [-0.05, 0) is 42.0 Å². The molecule has 0 spiro atoms. The van der Waals surface area contributed by atoms with E-state index in [1.165, 1.54) is 5.56 Å². The SMILES string of the molecule is COc1ccc(CN2CCN(c3ccc(OS(C)(=O)=O)cc3)CC2)cc1OC. The lowest BCUT2D eigenvalue weighted by Crippen LogP contribution is -2.45. The summed E-state index contributed by atoms with van der Waals surface area (Å²) >= 11 is 0. The van der Waals surface area contributed by atoms with Crippen LogP contribution in [0.4, 0.5) is 5.69 Å². The summed E-state index contributed by atoms with van der Waals surface area (Å²) in [6, 6.07) is 13.2. The molecule has 0 amide bonds. The van der Waals surface area contributed by atoms with Gasteiger partial charge >= 0.3 is 10.1 Å². The maximum Gasteiger partial charge on any atom is 0.306 e. The van der Waals surface area contributed by atoms with Gasteiger partial charge in [0.25, 0.3) is 0 Å². The van der Waals surface area contributed by atoms with Crippen LogP contribution in [0.15, 0.2) is 42.5 Å². The van der Waals surface area contributed by atoms with Gasteiger partial charge in [0.05, 0.1) is 20.5 Å². The summed E-state index contributed by atoms with van der Waals surface area (Å²) < 4.78 is 38.0. The molecule has 0 bridgehead atoms. The van der Waals surface area contributed by atoms with E-state index in [0.717, 1.165) is 56.2 Å². The third kappa shape index (κ3) is 5.30. The van der Waals surface area contributed by atoms with Gasteiger partial charge in [0, 0.05) is 38.4 Å². The van der Waals surface area contributed by atoms with Crippen LogP contribution in [0.3, 0.4) is 0 Å². The fourth-order valence-electron chi connectivity index (χ4n) is 3.29. The number of nitrogens with zero attached hydrogens (tertiary/aromatic N) is 2. The van der Waals surface area contributed by atoms with Gasteiger partial charge in [-0.1, -0.05) is 6.07 Å². The lowest BCUT2D eigenvalue weighted by molar-refractivity contribution is 0.249. The van der Waals surface area contributed by atoms with Crippen LogP contribution in [0.2, 0.25) is 0 Å². The molecule has 0 N–H and O–H groups in total. The Hall–Kier alpha value is -2.45. The van der Waals surface area contributed by atoms with Gasteiger partial charge in [0.1, 0.15) is 5.75 Å². The van der Waals surface area contributed by atoms with Crippen molar-refractivity contribution in [2.45, 2.75) is 6.54 Å². The molecule has 0 aliphatic carbocycles. The topological polar surface area (TPSA) is 68.3 Å². The van der Waals surface area contributed by atoms with Crippen LogP contribution in [-0.2, 0) is 16.7 Å². The molecule has 152 valence electrons. The Bertz CT molecular complexity index is 891. The molecule has 0 unspecified atom stereocenters. The Morgan fingerprint density at radius 3 is 2.11 bits per heavy atom. The number of hydrogen-bond acceptors (Lipinski definition) is 7. The van der Waals surface area contributed by atoms with Crippen LogP contribution in [0.5, 0.6) is 17.2 Å². The van der Waals surface area contributed by atoms with E-state index in [4.69, 9.17) is 13.7 Å². The van der Waals surface area contributed by atoms with E-state index < -0.39 is 10.1 Å². The lowest BCUT2D eigenvalue weighted by atomic mass is 10.1. The molecule has 1 heterocycles. The molecule has 1 aliphatic rings. The largest absolute Gasteiger partial charge is 0.493 e. The number of rotatable bonds is 7. The molecule has 2 aromatic rings. The summed E-state index contributed by atoms with van der Waals surface area (Å²) in [4.78, 5) is 4.69. The average molecular weight is 407 g/mol. The summed E-state index contributed by atoms with van der Waals surface area (Å²) in [5, 5.41) is 0. The molecule has 0 radical (unpaired) electrons. The van der Waals surface area contributed by atoms with Crippen molar-refractivity contribution < 1.29 is 22.1 Å². The lowest BCUT2D eigenvalue weighted by Gasteiger charge is -2.36. The summed E-state index contributed by atoms with van der Waals surface area (Å²) in [7, 11) is -0.218. The molecule has 28 heavy (non-hydrogen) atoms. The van der Waals surface area contributed by atoms with Crippen LogP contribution in [-0.4, -0.2) is 60.0 Å². The average Bonchev–Trinajstić information content (AvgIpc) is 2.68. The summed E-state index contributed by atoms with van der Waals surface area (Å²) in [6.45, 7) is 4.54. The number of anilines is 1. The molecule has 1 saturated heterocycles. The first kappa shape index (κ1) is 20.3. The highest BCUT2D eigenvalue weighted by Crippen LogP contribution is 2.28. The second kappa shape index (κ2) is 8.70. The van der Waals surface area contributed by atoms with Crippen molar-refractivity contribution in [1.29, 1.82) is 0 Å². The molecule has 1 aliphatic heterocycles. The van der Waals surface area contributed by atoms with Crippen molar-refractivity contribution in [2.75, 3.05) is 51.6 Å². The summed E-state index contributed by atoms with van der Waals surface area (Å²) in [5.74, 6) is 1.81. The first-order chi connectivity index (χ1) is 13.4. The van der Waals surface area contributed by atoms with Crippen molar-refractivity contribution in [2.24, 2.45) is 0 Å². The Balaban J connectivity index is 1.56. The zero-order valence-corrected chi connectivity index (χ0v) is 17.2. The highest BCUT2D eigenvalue weighted by molar-refractivity contribution is 7.86. The van der Waals surface area contributed by atoms with Crippen LogP contribution >= 0.6 is 0 Å². The van der Waals surface area contributed by atoms with Crippen molar-refractivity contribution >= 4 is 15.8 Å². The predicted molar refractivity (Wildman–Crippen MR) is 109 cm³/mol. The molecule has 8 heteroatoms. The van der Waals surface area contributed by atoms with Crippen molar-refractivity contribution in [1.82, 2.24) is 4.90 Å². The van der Waals surface area contributed by atoms with E-state index in [0.29, 0.717) is 5.75 Å². The van der Waals surface area contributed by atoms with Crippen molar-refractivity contribution in [3.05, 3.63) is 48.0 Å². The zero-order valence-electron chi connectivity index (χ0n) is 16.4. The second-order valence-electron chi connectivity index (χ2n) is 6.73. The minimum atomic E-state index is -3.50. The van der Waals surface area contributed by atoms with Gasteiger partial charge in [0.2, 0.25) is 0 Å². The van der Waals surface area contributed by atoms with Crippen molar-refractivity contribution in [3.8, 4) is 17.2 Å². The molecule has 1 fully saturated rings. The van der Waals surface area contributed by atoms with Crippen molar-refractivity contribution in [3.63, 3.8) is 0 Å². The summed E-state index contributed by atoms with van der Waals surface area (Å²) in [5.41, 5.74) is 2.25. The molecule has 0 atom stereocenters. The highest BCUT2D eigenvalue weighted by atomic mass is 32.2. The Morgan fingerprint density at radius 1 is 0.893 bits per heavy atom. The molecular formula is C20H26N2O5S. The molecular weight excluding hydrogens is 380 g/mol.